The molecule has 0 aliphatic carbocycles. The van der Waals surface area contributed by atoms with Gasteiger partial charge in [0.25, 0.3) is 10.0 Å². The first-order chi connectivity index (χ1) is 12.6. The van der Waals surface area contributed by atoms with Crippen LogP contribution in [0.25, 0.3) is 5.82 Å². The van der Waals surface area contributed by atoms with Gasteiger partial charge in [0.2, 0.25) is 0 Å². The fourth-order valence-electron chi connectivity index (χ4n) is 2.94. The summed E-state index contributed by atoms with van der Waals surface area (Å²) in [7, 11) is -3.53. The molecule has 0 atom stereocenters. The lowest BCUT2D eigenvalue weighted by atomic mass is 10.3. The van der Waals surface area contributed by atoms with Gasteiger partial charge in [-0.05, 0) is 6.92 Å². The van der Waals surface area contributed by atoms with Gasteiger partial charge in [-0.15, -0.1) is 0 Å². The summed E-state index contributed by atoms with van der Waals surface area (Å²) in [6.07, 6.45) is 7.76. The molecule has 1 saturated heterocycles. The van der Waals surface area contributed by atoms with Crippen LogP contribution in [0.5, 0.6) is 0 Å². The molecule has 0 spiro atoms. The number of H-pyrrole nitrogens is 1. The molecule has 1 aliphatic rings. The Labute approximate surface area is 150 Å². The van der Waals surface area contributed by atoms with E-state index in [1.807, 2.05) is 23.8 Å². The van der Waals surface area contributed by atoms with E-state index in [2.05, 4.69) is 29.8 Å². The summed E-state index contributed by atoms with van der Waals surface area (Å²) >= 11 is 0. The zero-order valence-corrected chi connectivity index (χ0v) is 15.0. The Hall–Kier alpha value is -2.79. The van der Waals surface area contributed by atoms with Crippen LogP contribution in [0, 0.1) is 6.92 Å². The second-order valence-corrected chi connectivity index (χ2v) is 7.79. The third-order valence-corrected chi connectivity index (χ3v) is 6.19. The molecule has 10 nitrogen and oxygen atoms in total. The van der Waals surface area contributed by atoms with Crippen molar-refractivity contribution in [1.82, 2.24) is 33.8 Å². The molecule has 0 radical (unpaired) electrons. The average molecular weight is 374 g/mol. The maximum Gasteiger partial charge on any atom is 0.260 e. The lowest BCUT2D eigenvalue weighted by molar-refractivity contribution is 0.382. The van der Waals surface area contributed by atoms with Crippen molar-refractivity contribution < 1.29 is 8.42 Å². The zero-order chi connectivity index (χ0) is 18.1. The number of anilines is 1. The summed E-state index contributed by atoms with van der Waals surface area (Å²) in [6, 6.07) is 1.88. The first kappa shape index (κ1) is 16.7. The Kier molecular flexibility index (Phi) is 4.17. The van der Waals surface area contributed by atoms with E-state index >= 15 is 0 Å². The highest BCUT2D eigenvalue weighted by molar-refractivity contribution is 7.89. The van der Waals surface area contributed by atoms with E-state index in [0.29, 0.717) is 26.2 Å². The summed E-state index contributed by atoms with van der Waals surface area (Å²) < 4.78 is 28.4. The smallest absolute Gasteiger partial charge is 0.260 e. The van der Waals surface area contributed by atoms with Gasteiger partial charge in [-0.25, -0.2) is 28.4 Å². The van der Waals surface area contributed by atoms with Gasteiger partial charge in [-0.2, -0.15) is 4.31 Å². The fourth-order valence-corrected chi connectivity index (χ4v) is 4.26. The Morgan fingerprint density at radius 1 is 1.08 bits per heavy atom. The number of hydrogen-bond donors (Lipinski definition) is 1. The number of sulfonamides is 1. The molecule has 1 aliphatic heterocycles. The van der Waals surface area contributed by atoms with Gasteiger partial charge in [0, 0.05) is 44.6 Å². The Balaban J connectivity index is 1.50. The fraction of sp³-hybridized carbons (Fsp3) is 0.333. The van der Waals surface area contributed by atoms with Crippen LogP contribution in [-0.4, -0.2) is 68.4 Å². The predicted molar refractivity (Wildman–Crippen MR) is 93.5 cm³/mol. The largest absolute Gasteiger partial charge is 0.354 e. The van der Waals surface area contributed by atoms with Crippen LogP contribution in [0.3, 0.4) is 0 Å². The number of aryl methyl sites for hydroxylation is 1. The monoisotopic (exact) mass is 374 g/mol. The molecule has 1 N–H and O–H groups in total. The molecule has 11 heteroatoms. The van der Waals surface area contributed by atoms with Crippen LogP contribution >= 0.6 is 0 Å². The number of nitrogens with zero attached hydrogens (tertiary/aromatic N) is 7. The molecule has 3 aromatic heterocycles. The van der Waals surface area contributed by atoms with Crippen molar-refractivity contribution in [2.75, 3.05) is 31.1 Å². The summed E-state index contributed by atoms with van der Waals surface area (Å²) in [6.45, 7) is 3.76. The van der Waals surface area contributed by atoms with Crippen LogP contribution in [0.15, 0.2) is 42.3 Å². The van der Waals surface area contributed by atoms with Crippen LogP contribution in [0.1, 0.15) is 5.82 Å². The molecule has 136 valence electrons. The highest BCUT2D eigenvalue weighted by atomic mass is 32.2. The van der Waals surface area contributed by atoms with Crippen molar-refractivity contribution in [1.29, 1.82) is 0 Å². The van der Waals surface area contributed by atoms with Crippen molar-refractivity contribution >= 4 is 15.8 Å². The highest BCUT2D eigenvalue weighted by Crippen LogP contribution is 2.20. The maximum absolute atomic E-state index is 12.5. The molecule has 4 rings (SSSR count). The summed E-state index contributed by atoms with van der Waals surface area (Å²) in [4.78, 5) is 21.3. The second-order valence-electron chi connectivity index (χ2n) is 5.89. The zero-order valence-electron chi connectivity index (χ0n) is 14.1. The van der Waals surface area contributed by atoms with Gasteiger partial charge < -0.3 is 9.88 Å². The summed E-state index contributed by atoms with van der Waals surface area (Å²) in [5.74, 6) is 2.34. The molecule has 0 bridgehead atoms. The number of piperazine rings is 1. The Morgan fingerprint density at radius 2 is 1.85 bits per heavy atom. The number of imidazole rings is 2. The lowest BCUT2D eigenvalue weighted by Crippen LogP contribution is -2.49. The lowest BCUT2D eigenvalue weighted by Gasteiger charge is -2.34. The molecule has 0 amide bonds. The van der Waals surface area contributed by atoms with Gasteiger partial charge in [0.15, 0.2) is 5.03 Å². The Morgan fingerprint density at radius 3 is 2.50 bits per heavy atom. The molecular formula is C15H18N8O2S. The van der Waals surface area contributed by atoms with E-state index in [9.17, 15) is 8.42 Å². The highest BCUT2D eigenvalue weighted by Gasteiger charge is 2.30. The minimum absolute atomic E-state index is 0.117. The number of aromatic amines is 1. The van der Waals surface area contributed by atoms with Crippen molar-refractivity contribution in [3.05, 3.63) is 43.1 Å². The van der Waals surface area contributed by atoms with E-state index in [-0.39, 0.29) is 5.03 Å². The minimum atomic E-state index is -3.53. The summed E-state index contributed by atoms with van der Waals surface area (Å²) in [5.41, 5.74) is 0. The topological polar surface area (TPSA) is 113 Å². The first-order valence-corrected chi connectivity index (χ1v) is 9.55. The van der Waals surface area contributed by atoms with E-state index in [1.54, 1.807) is 6.20 Å². The SMILES string of the molecule is Cc1nccn1-c1cc(N2CCN(S(=O)(=O)c3cnc[nH]3)CC2)ncn1. The third-order valence-electron chi connectivity index (χ3n) is 4.36. The van der Waals surface area contributed by atoms with Crippen molar-refractivity contribution in [3.63, 3.8) is 0 Å². The van der Waals surface area contributed by atoms with Crippen LogP contribution in [-0.2, 0) is 10.0 Å². The molecular weight excluding hydrogens is 356 g/mol. The first-order valence-electron chi connectivity index (χ1n) is 8.11. The molecule has 3 aromatic rings. The van der Waals surface area contributed by atoms with Crippen molar-refractivity contribution in [2.24, 2.45) is 0 Å². The molecule has 4 heterocycles. The third kappa shape index (κ3) is 2.95. The average Bonchev–Trinajstić information content (AvgIpc) is 3.34. The second kappa shape index (κ2) is 6.50. The van der Waals surface area contributed by atoms with E-state index in [0.717, 1.165) is 17.5 Å². The molecule has 26 heavy (non-hydrogen) atoms. The van der Waals surface area contributed by atoms with Crippen LogP contribution in [0.2, 0.25) is 0 Å². The van der Waals surface area contributed by atoms with E-state index in [1.165, 1.54) is 23.2 Å². The van der Waals surface area contributed by atoms with E-state index < -0.39 is 10.0 Å². The standard InChI is InChI=1S/C15H18N8O2S/c1-12-17-2-3-23(12)14-8-13(18-11-19-14)21-4-6-22(7-5-21)26(24,25)15-9-16-10-20-15/h2-3,8-11H,4-7H2,1H3,(H,16,20). The predicted octanol–water partition coefficient (Wildman–Crippen LogP) is 0.205. The molecule has 0 aromatic carbocycles. The van der Waals surface area contributed by atoms with Gasteiger partial charge in [-0.1, -0.05) is 0 Å². The summed E-state index contributed by atoms with van der Waals surface area (Å²) in [5, 5.41) is 0.117. The molecule has 1 fully saturated rings. The van der Waals surface area contributed by atoms with Gasteiger partial charge in [-0.3, -0.25) is 4.57 Å². The van der Waals surface area contributed by atoms with Crippen molar-refractivity contribution in [3.8, 4) is 5.82 Å². The van der Waals surface area contributed by atoms with Gasteiger partial charge in [0.1, 0.15) is 23.8 Å². The molecule has 0 saturated carbocycles. The normalized spacial score (nSPS) is 16.1. The number of aromatic nitrogens is 6. The van der Waals surface area contributed by atoms with Crippen LogP contribution in [0.4, 0.5) is 5.82 Å². The quantitative estimate of drug-likeness (QED) is 0.694. The van der Waals surface area contributed by atoms with Gasteiger partial charge >= 0.3 is 0 Å². The van der Waals surface area contributed by atoms with E-state index in [4.69, 9.17) is 0 Å². The van der Waals surface area contributed by atoms with Crippen molar-refractivity contribution in [2.45, 2.75) is 11.9 Å². The number of hydrogen-bond acceptors (Lipinski definition) is 7. The van der Waals surface area contributed by atoms with Crippen LogP contribution < -0.4 is 4.90 Å². The number of nitrogens with one attached hydrogen (secondary N) is 1. The Bertz CT molecular complexity index is 990. The maximum atomic E-state index is 12.5. The van der Waals surface area contributed by atoms with Gasteiger partial charge in [0.05, 0.1) is 12.5 Å². The number of rotatable bonds is 4. The molecule has 0 unspecified atom stereocenters. The minimum Gasteiger partial charge on any atom is -0.354 e.